The van der Waals surface area contributed by atoms with Gasteiger partial charge in [0.15, 0.2) is 0 Å². The fourth-order valence-corrected chi connectivity index (χ4v) is 6.02. The fourth-order valence-electron chi connectivity index (χ4n) is 2.99. The van der Waals surface area contributed by atoms with Crippen molar-refractivity contribution in [3.63, 3.8) is 0 Å². The SMILES string of the molecule is CCCCCCCCCC(CCCCCCCC)[Si](Cl)(Cl)Cl. The first kappa shape index (κ1) is 23.1. The molecule has 1 atom stereocenters. The highest BCUT2D eigenvalue weighted by Crippen LogP contribution is 2.41. The van der Waals surface area contributed by atoms with E-state index in [2.05, 4.69) is 13.8 Å². The summed E-state index contributed by atoms with van der Waals surface area (Å²) in [6.07, 6.45) is 19.6. The summed E-state index contributed by atoms with van der Waals surface area (Å²) in [7, 11) is 0. The Labute approximate surface area is 154 Å². The van der Waals surface area contributed by atoms with Crippen molar-refractivity contribution in [1.82, 2.24) is 0 Å². The van der Waals surface area contributed by atoms with E-state index >= 15 is 0 Å². The molecule has 0 aliphatic carbocycles. The minimum absolute atomic E-state index is 0.374. The molecule has 0 aromatic carbocycles. The van der Waals surface area contributed by atoms with Crippen molar-refractivity contribution >= 4 is 39.2 Å². The van der Waals surface area contributed by atoms with Crippen molar-refractivity contribution in [3.05, 3.63) is 0 Å². The molecule has 0 saturated carbocycles. The van der Waals surface area contributed by atoms with Crippen LogP contribution in [0.2, 0.25) is 5.54 Å². The number of hydrogen-bond acceptors (Lipinski definition) is 0. The molecule has 134 valence electrons. The van der Waals surface area contributed by atoms with E-state index in [-0.39, 0.29) is 0 Å². The van der Waals surface area contributed by atoms with Gasteiger partial charge in [-0.3, -0.25) is 0 Å². The highest BCUT2D eigenvalue weighted by Gasteiger charge is 2.35. The van der Waals surface area contributed by atoms with Crippen LogP contribution in [-0.2, 0) is 0 Å². The van der Waals surface area contributed by atoms with Gasteiger partial charge in [-0.1, -0.05) is 97.3 Å². The van der Waals surface area contributed by atoms with E-state index in [4.69, 9.17) is 33.2 Å². The lowest BCUT2D eigenvalue weighted by Gasteiger charge is -2.22. The second kappa shape index (κ2) is 15.6. The van der Waals surface area contributed by atoms with Gasteiger partial charge >= 0.3 is 6.00 Å². The highest BCUT2D eigenvalue weighted by atomic mass is 35.8. The second-order valence-corrected chi connectivity index (χ2v) is 15.7. The van der Waals surface area contributed by atoms with Gasteiger partial charge in [-0.2, -0.15) is 0 Å². The molecule has 0 saturated heterocycles. The average Bonchev–Trinajstić information content (AvgIpc) is 2.46. The van der Waals surface area contributed by atoms with Gasteiger partial charge < -0.3 is 0 Å². The van der Waals surface area contributed by atoms with E-state index < -0.39 is 6.00 Å². The first-order valence-electron chi connectivity index (χ1n) is 9.59. The average molecular weight is 388 g/mol. The van der Waals surface area contributed by atoms with Crippen LogP contribution in [0.25, 0.3) is 0 Å². The molecular weight excluding hydrogens is 351 g/mol. The highest BCUT2D eigenvalue weighted by molar-refractivity contribution is 7.65. The lowest BCUT2D eigenvalue weighted by Crippen LogP contribution is -2.20. The maximum atomic E-state index is 6.31. The van der Waals surface area contributed by atoms with E-state index in [1.165, 1.54) is 83.5 Å². The largest absolute Gasteiger partial charge is 0.344 e. The summed E-state index contributed by atoms with van der Waals surface area (Å²) in [6.45, 7) is 4.52. The molecular formula is C18H37Cl3Si. The van der Waals surface area contributed by atoms with E-state index in [1.54, 1.807) is 0 Å². The van der Waals surface area contributed by atoms with Crippen LogP contribution in [-0.4, -0.2) is 6.00 Å². The molecule has 0 aromatic rings. The Balaban J connectivity index is 3.71. The van der Waals surface area contributed by atoms with E-state index in [9.17, 15) is 0 Å². The zero-order valence-corrected chi connectivity index (χ0v) is 18.1. The summed E-state index contributed by atoms with van der Waals surface area (Å²) >= 11 is 18.9. The fraction of sp³-hybridized carbons (Fsp3) is 1.00. The Bertz CT molecular complexity index is 229. The van der Waals surface area contributed by atoms with Gasteiger partial charge in [0.25, 0.3) is 0 Å². The van der Waals surface area contributed by atoms with Gasteiger partial charge in [0.1, 0.15) is 0 Å². The van der Waals surface area contributed by atoms with Crippen LogP contribution in [0, 0.1) is 0 Å². The van der Waals surface area contributed by atoms with Crippen molar-refractivity contribution in [2.45, 2.75) is 116 Å². The molecule has 22 heavy (non-hydrogen) atoms. The molecule has 0 aliphatic heterocycles. The second-order valence-electron chi connectivity index (χ2n) is 6.70. The zero-order chi connectivity index (χ0) is 16.7. The Morgan fingerprint density at radius 3 is 1.18 bits per heavy atom. The predicted octanol–water partition coefficient (Wildman–Crippen LogP) is 8.90. The lowest BCUT2D eigenvalue weighted by molar-refractivity contribution is 0.529. The van der Waals surface area contributed by atoms with Gasteiger partial charge in [-0.05, 0) is 18.4 Å². The zero-order valence-electron chi connectivity index (χ0n) is 14.8. The third-order valence-corrected chi connectivity index (χ3v) is 8.81. The molecule has 0 nitrogen and oxygen atoms in total. The topological polar surface area (TPSA) is 0 Å². The third-order valence-electron chi connectivity index (χ3n) is 4.53. The molecule has 0 N–H and O–H groups in total. The number of hydrogen-bond donors (Lipinski definition) is 0. The maximum absolute atomic E-state index is 6.31. The van der Waals surface area contributed by atoms with E-state index in [1.807, 2.05) is 0 Å². The van der Waals surface area contributed by atoms with Crippen molar-refractivity contribution in [2.24, 2.45) is 0 Å². The number of unbranched alkanes of at least 4 members (excludes halogenated alkanes) is 11. The van der Waals surface area contributed by atoms with Crippen LogP contribution in [0.5, 0.6) is 0 Å². The Hall–Kier alpha value is 1.09. The monoisotopic (exact) mass is 386 g/mol. The smallest absolute Gasteiger partial charge is 0.126 e. The first-order valence-corrected chi connectivity index (χ1v) is 14.7. The van der Waals surface area contributed by atoms with Crippen LogP contribution in [0.15, 0.2) is 0 Å². The van der Waals surface area contributed by atoms with E-state index in [0.29, 0.717) is 5.54 Å². The van der Waals surface area contributed by atoms with Crippen LogP contribution in [0.3, 0.4) is 0 Å². The van der Waals surface area contributed by atoms with Crippen LogP contribution < -0.4 is 0 Å². The molecule has 0 fully saturated rings. The van der Waals surface area contributed by atoms with Crippen molar-refractivity contribution < 1.29 is 0 Å². The molecule has 0 aromatic heterocycles. The van der Waals surface area contributed by atoms with Gasteiger partial charge in [-0.25, -0.2) is 0 Å². The summed E-state index contributed by atoms with van der Waals surface area (Å²) in [5.74, 6) is 0. The summed E-state index contributed by atoms with van der Waals surface area (Å²) in [6, 6.07) is -2.53. The number of rotatable bonds is 16. The van der Waals surface area contributed by atoms with Crippen molar-refractivity contribution in [2.75, 3.05) is 0 Å². The van der Waals surface area contributed by atoms with Gasteiger partial charge in [0.2, 0.25) is 0 Å². The van der Waals surface area contributed by atoms with Crippen LogP contribution in [0.1, 0.15) is 110 Å². The standard InChI is InChI=1S/C18H37Cl3Si/c1-3-5-7-9-11-13-15-17-18(22(19,20)21)16-14-12-10-8-6-4-2/h18H,3-17H2,1-2H3. The molecule has 0 spiro atoms. The summed E-state index contributed by atoms with van der Waals surface area (Å²) in [5.41, 5.74) is 0.374. The van der Waals surface area contributed by atoms with Crippen molar-refractivity contribution in [1.29, 1.82) is 0 Å². The Morgan fingerprint density at radius 1 is 0.545 bits per heavy atom. The normalized spacial score (nSPS) is 13.5. The van der Waals surface area contributed by atoms with Gasteiger partial charge in [0.05, 0.1) is 0 Å². The Kier molecular flexibility index (Phi) is 16.4. The molecule has 4 heteroatoms. The summed E-state index contributed by atoms with van der Waals surface area (Å²) < 4.78 is 0. The van der Waals surface area contributed by atoms with Gasteiger partial charge in [-0.15, -0.1) is 33.2 Å². The quantitative estimate of drug-likeness (QED) is 0.141. The minimum Gasteiger partial charge on any atom is -0.126 e. The molecule has 1 unspecified atom stereocenters. The molecule has 0 bridgehead atoms. The van der Waals surface area contributed by atoms with E-state index in [0.717, 1.165) is 12.8 Å². The minimum atomic E-state index is -2.53. The Morgan fingerprint density at radius 2 is 0.864 bits per heavy atom. The van der Waals surface area contributed by atoms with Gasteiger partial charge in [0, 0.05) is 0 Å². The maximum Gasteiger partial charge on any atom is 0.344 e. The molecule has 0 radical (unpaired) electrons. The molecule has 0 amide bonds. The molecule has 0 aliphatic rings. The summed E-state index contributed by atoms with van der Waals surface area (Å²) in [4.78, 5) is 0. The van der Waals surface area contributed by atoms with Crippen LogP contribution >= 0.6 is 33.2 Å². The lowest BCUT2D eigenvalue weighted by atomic mass is 10.0. The number of halogens is 3. The van der Waals surface area contributed by atoms with Crippen molar-refractivity contribution in [3.8, 4) is 0 Å². The third kappa shape index (κ3) is 14.7. The first-order chi connectivity index (χ1) is 10.5. The molecule has 0 heterocycles. The predicted molar refractivity (Wildman–Crippen MR) is 108 cm³/mol. The summed E-state index contributed by atoms with van der Waals surface area (Å²) in [5, 5.41) is 0. The molecule has 0 rings (SSSR count). The van der Waals surface area contributed by atoms with Crippen LogP contribution in [0.4, 0.5) is 0 Å².